The maximum atomic E-state index is 12.7. The van der Waals surface area contributed by atoms with Crippen molar-refractivity contribution in [1.29, 1.82) is 0 Å². The van der Waals surface area contributed by atoms with Gasteiger partial charge in [0, 0.05) is 25.1 Å². The lowest BCUT2D eigenvalue weighted by Gasteiger charge is -2.19. The van der Waals surface area contributed by atoms with Crippen LogP contribution in [0.1, 0.15) is 34.5 Å². The van der Waals surface area contributed by atoms with Crippen LogP contribution < -0.4 is 10.2 Å². The Kier molecular flexibility index (Phi) is 6.42. The van der Waals surface area contributed by atoms with Crippen molar-refractivity contribution < 1.29 is 9.59 Å². The molecule has 1 aliphatic rings. The van der Waals surface area contributed by atoms with Crippen LogP contribution in [0.25, 0.3) is 0 Å². The Morgan fingerprint density at radius 2 is 1.94 bits per heavy atom. The van der Waals surface area contributed by atoms with E-state index in [-0.39, 0.29) is 18.2 Å². The highest BCUT2D eigenvalue weighted by atomic mass is 32.1. The summed E-state index contributed by atoms with van der Waals surface area (Å²) in [7, 11) is 0. The third kappa shape index (κ3) is 5.17. The number of carbonyl (C=O) groups is 2. The van der Waals surface area contributed by atoms with Crippen LogP contribution in [-0.2, 0) is 22.4 Å². The molecule has 1 fully saturated rings. The molecule has 1 aromatic heterocycles. The Bertz CT molecular complexity index is 1080. The molecule has 2 aromatic carbocycles. The van der Waals surface area contributed by atoms with Gasteiger partial charge >= 0.3 is 0 Å². The van der Waals surface area contributed by atoms with Crippen molar-refractivity contribution in [2.24, 2.45) is 5.92 Å². The van der Waals surface area contributed by atoms with E-state index < -0.39 is 5.92 Å². The quantitative estimate of drug-likeness (QED) is 0.601. The Labute approximate surface area is 186 Å². The molecule has 1 saturated heterocycles. The number of hydrogen-bond donors (Lipinski definition) is 1. The molecule has 0 bridgehead atoms. The molecule has 7 heteroatoms. The van der Waals surface area contributed by atoms with Gasteiger partial charge in [-0.05, 0) is 43.9 Å². The van der Waals surface area contributed by atoms with Crippen LogP contribution in [-0.4, -0.2) is 28.6 Å². The Hall–Kier alpha value is -3.06. The summed E-state index contributed by atoms with van der Waals surface area (Å²) in [6, 6.07) is 16.3. The zero-order valence-electron chi connectivity index (χ0n) is 17.8. The van der Waals surface area contributed by atoms with E-state index in [2.05, 4.69) is 33.7 Å². The summed E-state index contributed by atoms with van der Waals surface area (Å²) < 4.78 is 0. The fraction of sp³-hybridized carbons (Fsp3) is 0.333. The molecule has 1 atom stereocenters. The third-order valence-corrected chi connectivity index (χ3v) is 6.43. The highest BCUT2D eigenvalue weighted by Gasteiger charge is 2.36. The van der Waals surface area contributed by atoms with Gasteiger partial charge in [0.05, 0.1) is 5.92 Å². The highest BCUT2D eigenvalue weighted by molar-refractivity contribution is 7.15. The molecule has 4 rings (SSSR count). The first-order chi connectivity index (χ1) is 15.0. The Morgan fingerprint density at radius 1 is 1.13 bits per heavy atom. The second-order valence-electron chi connectivity index (χ2n) is 8.02. The van der Waals surface area contributed by atoms with Crippen molar-refractivity contribution in [3.63, 3.8) is 0 Å². The molecule has 2 heterocycles. The maximum Gasteiger partial charge on any atom is 0.231 e. The monoisotopic (exact) mass is 434 g/mol. The van der Waals surface area contributed by atoms with Gasteiger partial charge < -0.3 is 10.2 Å². The van der Waals surface area contributed by atoms with Crippen LogP contribution in [0.5, 0.6) is 0 Å². The van der Waals surface area contributed by atoms with E-state index in [1.807, 2.05) is 44.2 Å². The van der Waals surface area contributed by atoms with E-state index in [1.165, 1.54) is 16.9 Å². The van der Waals surface area contributed by atoms with Gasteiger partial charge in [-0.1, -0.05) is 59.4 Å². The van der Waals surface area contributed by atoms with E-state index in [9.17, 15) is 9.59 Å². The molecule has 1 N–H and O–H groups in total. The molecule has 0 saturated carbocycles. The summed E-state index contributed by atoms with van der Waals surface area (Å²) in [5, 5.41) is 12.6. The first-order valence-corrected chi connectivity index (χ1v) is 11.4. The lowest BCUT2D eigenvalue weighted by atomic mass is 10.1. The number of amides is 2. The second kappa shape index (κ2) is 9.39. The summed E-state index contributed by atoms with van der Waals surface area (Å²) in [6.45, 7) is 4.40. The molecule has 2 amide bonds. The first kappa shape index (κ1) is 21.2. The predicted octanol–water partition coefficient (Wildman–Crippen LogP) is 4.32. The molecule has 0 aliphatic carbocycles. The molecule has 0 radical (unpaired) electrons. The number of carbonyl (C=O) groups excluding carboxylic acids is 2. The topological polar surface area (TPSA) is 75.2 Å². The number of aromatic nitrogens is 2. The van der Waals surface area contributed by atoms with E-state index in [1.54, 1.807) is 4.90 Å². The van der Waals surface area contributed by atoms with Gasteiger partial charge in [0.2, 0.25) is 16.9 Å². The number of nitrogens with zero attached hydrogens (tertiary/aromatic N) is 3. The van der Waals surface area contributed by atoms with Crippen molar-refractivity contribution >= 4 is 34.0 Å². The fourth-order valence-corrected chi connectivity index (χ4v) is 4.71. The molecule has 160 valence electrons. The number of hydrogen-bond acceptors (Lipinski definition) is 5. The molecule has 31 heavy (non-hydrogen) atoms. The molecular formula is C24H26N4O2S. The largest absolute Gasteiger partial charge is 0.311 e. The van der Waals surface area contributed by atoms with E-state index in [4.69, 9.17) is 0 Å². The van der Waals surface area contributed by atoms with E-state index in [0.717, 1.165) is 41.1 Å². The normalized spacial score (nSPS) is 16.0. The minimum atomic E-state index is -0.390. The van der Waals surface area contributed by atoms with Crippen molar-refractivity contribution in [3.05, 3.63) is 70.2 Å². The summed E-state index contributed by atoms with van der Waals surface area (Å²) in [5.74, 6) is -0.586. The molecule has 0 spiro atoms. The van der Waals surface area contributed by atoms with Crippen LogP contribution in [0.15, 0.2) is 48.5 Å². The molecular weight excluding hydrogens is 408 g/mol. The average Bonchev–Trinajstić information content (AvgIpc) is 3.35. The molecule has 1 unspecified atom stereocenters. The van der Waals surface area contributed by atoms with Crippen molar-refractivity contribution in [2.45, 2.75) is 39.5 Å². The predicted molar refractivity (Wildman–Crippen MR) is 123 cm³/mol. The summed E-state index contributed by atoms with van der Waals surface area (Å²) in [6.07, 6.45) is 3.00. The van der Waals surface area contributed by atoms with Crippen molar-refractivity contribution in [3.8, 4) is 0 Å². The Balaban J connectivity index is 1.31. The second-order valence-corrected chi connectivity index (χ2v) is 9.09. The first-order valence-electron chi connectivity index (χ1n) is 10.5. The summed E-state index contributed by atoms with van der Waals surface area (Å²) in [4.78, 5) is 27.0. The maximum absolute atomic E-state index is 12.7. The lowest BCUT2D eigenvalue weighted by molar-refractivity contribution is -0.122. The van der Waals surface area contributed by atoms with Gasteiger partial charge in [0.1, 0.15) is 5.01 Å². The number of anilines is 2. The zero-order valence-corrected chi connectivity index (χ0v) is 18.6. The van der Waals surface area contributed by atoms with Crippen LogP contribution in [0, 0.1) is 19.8 Å². The third-order valence-electron chi connectivity index (χ3n) is 5.53. The summed E-state index contributed by atoms with van der Waals surface area (Å²) in [5.41, 5.74) is 4.37. The van der Waals surface area contributed by atoms with Gasteiger partial charge in [-0.15, -0.1) is 10.2 Å². The van der Waals surface area contributed by atoms with Gasteiger partial charge in [0.15, 0.2) is 0 Å². The minimum absolute atomic E-state index is 0.0223. The lowest BCUT2D eigenvalue weighted by Crippen LogP contribution is -2.28. The van der Waals surface area contributed by atoms with Crippen molar-refractivity contribution in [2.75, 3.05) is 16.8 Å². The number of nitrogens with one attached hydrogen (secondary N) is 1. The van der Waals surface area contributed by atoms with Gasteiger partial charge in [-0.3, -0.25) is 9.59 Å². The van der Waals surface area contributed by atoms with Gasteiger partial charge in [-0.2, -0.15) is 0 Å². The standard InChI is InChI=1S/C24H26N4O2S/c1-16-11-12-20(17(2)13-16)28-15-19(14-22(28)29)23(30)25-24-27-26-21(31-24)10-6-9-18-7-4-3-5-8-18/h3-5,7-8,11-13,19H,6,9-10,14-15H2,1-2H3,(H,25,27,30). The molecule has 3 aromatic rings. The SMILES string of the molecule is Cc1ccc(N2CC(C(=O)Nc3nnc(CCCc4ccccc4)s3)CC2=O)c(C)c1. The van der Waals surface area contributed by atoms with Crippen molar-refractivity contribution in [1.82, 2.24) is 10.2 Å². The van der Waals surface area contributed by atoms with Gasteiger partial charge in [-0.25, -0.2) is 0 Å². The van der Waals surface area contributed by atoms with Crippen LogP contribution in [0.2, 0.25) is 0 Å². The van der Waals surface area contributed by atoms with E-state index in [0.29, 0.717) is 11.7 Å². The summed E-state index contributed by atoms with van der Waals surface area (Å²) >= 11 is 1.40. The van der Waals surface area contributed by atoms with Crippen LogP contribution in [0.4, 0.5) is 10.8 Å². The number of rotatable bonds is 7. The minimum Gasteiger partial charge on any atom is -0.311 e. The Morgan fingerprint density at radius 3 is 2.71 bits per heavy atom. The highest BCUT2D eigenvalue weighted by Crippen LogP contribution is 2.29. The molecule has 1 aliphatic heterocycles. The smallest absolute Gasteiger partial charge is 0.231 e. The number of aryl methyl sites for hydroxylation is 4. The average molecular weight is 435 g/mol. The zero-order chi connectivity index (χ0) is 21.8. The van der Waals surface area contributed by atoms with Gasteiger partial charge in [0.25, 0.3) is 0 Å². The molecule has 6 nitrogen and oxygen atoms in total. The number of benzene rings is 2. The van der Waals surface area contributed by atoms with Crippen LogP contribution in [0.3, 0.4) is 0 Å². The fourth-order valence-electron chi connectivity index (χ4n) is 3.93. The van der Waals surface area contributed by atoms with Crippen LogP contribution >= 0.6 is 11.3 Å². The van der Waals surface area contributed by atoms with E-state index >= 15 is 0 Å².